The van der Waals surface area contributed by atoms with Gasteiger partial charge in [0.25, 0.3) is 11.6 Å². The number of carbonyl (C=O) groups is 1. The van der Waals surface area contributed by atoms with Crippen molar-refractivity contribution >= 4 is 28.9 Å². The van der Waals surface area contributed by atoms with Crippen LogP contribution in [0.1, 0.15) is 15.9 Å². The predicted octanol–water partition coefficient (Wildman–Crippen LogP) is 3.73. The third-order valence-corrected chi connectivity index (χ3v) is 3.03. The van der Waals surface area contributed by atoms with Gasteiger partial charge in [-0.25, -0.2) is 4.39 Å². The fraction of sp³-hybridized carbons (Fsp3) is 0.0714. The zero-order valence-corrected chi connectivity index (χ0v) is 11.4. The van der Waals surface area contributed by atoms with Gasteiger partial charge in [-0.1, -0.05) is 12.1 Å². The average molecular weight is 309 g/mol. The second-order valence-electron chi connectivity index (χ2n) is 4.24. The number of amides is 1. The molecule has 2 rings (SSSR count). The maximum absolute atomic E-state index is 13.3. The molecule has 0 atom stereocenters. The summed E-state index contributed by atoms with van der Waals surface area (Å²) in [6, 6.07) is 9.47. The van der Waals surface area contributed by atoms with Crippen LogP contribution in [0.15, 0.2) is 42.5 Å². The Bertz CT molecular complexity index is 689. The molecule has 0 saturated carbocycles. The van der Waals surface area contributed by atoms with E-state index < -0.39 is 22.3 Å². The molecule has 0 unspecified atom stereocenters. The van der Waals surface area contributed by atoms with Gasteiger partial charge in [-0.2, -0.15) is 0 Å². The molecule has 0 heterocycles. The van der Waals surface area contributed by atoms with Gasteiger partial charge >= 0.3 is 0 Å². The van der Waals surface area contributed by atoms with Gasteiger partial charge in [0, 0.05) is 23.2 Å². The van der Waals surface area contributed by atoms with Crippen molar-refractivity contribution in [1.29, 1.82) is 0 Å². The molecule has 21 heavy (non-hydrogen) atoms. The lowest BCUT2D eigenvalue weighted by atomic mass is 10.1. The van der Waals surface area contributed by atoms with E-state index in [1.165, 1.54) is 0 Å². The van der Waals surface area contributed by atoms with Gasteiger partial charge in [0.1, 0.15) is 5.82 Å². The molecule has 0 aliphatic rings. The maximum Gasteiger partial charge on any atom is 0.273 e. The summed E-state index contributed by atoms with van der Waals surface area (Å²) in [7, 11) is 0. The topological polar surface area (TPSA) is 72.2 Å². The van der Waals surface area contributed by atoms with E-state index in [9.17, 15) is 19.3 Å². The smallest absolute Gasteiger partial charge is 0.273 e. The number of benzene rings is 2. The van der Waals surface area contributed by atoms with Crippen LogP contribution in [0.5, 0.6) is 0 Å². The summed E-state index contributed by atoms with van der Waals surface area (Å²) >= 11 is 5.65. The molecule has 0 aliphatic carbocycles. The third-order valence-electron chi connectivity index (χ3n) is 2.72. The molecule has 2 aromatic rings. The van der Waals surface area contributed by atoms with Crippen molar-refractivity contribution in [1.82, 2.24) is 0 Å². The number of nitro benzene ring substituents is 1. The molecule has 1 N–H and O–H groups in total. The van der Waals surface area contributed by atoms with Crippen LogP contribution in [0.4, 0.5) is 15.8 Å². The number of rotatable bonds is 4. The van der Waals surface area contributed by atoms with Gasteiger partial charge in [0.05, 0.1) is 11.0 Å². The van der Waals surface area contributed by atoms with Crippen LogP contribution in [-0.2, 0) is 5.88 Å². The highest BCUT2D eigenvalue weighted by Crippen LogP contribution is 2.18. The number of nitrogens with zero attached hydrogens (tertiary/aromatic N) is 1. The van der Waals surface area contributed by atoms with Gasteiger partial charge in [0.15, 0.2) is 0 Å². The van der Waals surface area contributed by atoms with Crippen molar-refractivity contribution in [2.45, 2.75) is 5.88 Å². The number of nitro groups is 1. The predicted molar refractivity (Wildman–Crippen MR) is 77.0 cm³/mol. The minimum Gasteiger partial charge on any atom is -0.322 e. The Kier molecular flexibility index (Phi) is 4.49. The lowest BCUT2D eigenvalue weighted by Crippen LogP contribution is -2.12. The van der Waals surface area contributed by atoms with Crippen molar-refractivity contribution in [2.75, 3.05) is 5.32 Å². The molecule has 0 aromatic heterocycles. The number of hydrogen-bond acceptors (Lipinski definition) is 3. The largest absolute Gasteiger partial charge is 0.322 e. The van der Waals surface area contributed by atoms with E-state index in [-0.39, 0.29) is 5.56 Å². The Morgan fingerprint density at radius 3 is 2.48 bits per heavy atom. The number of carbonyl (C=O) groups excluding carboxylic acids is 1. The van der Waals surface area contributed by atoms with E-state index >= 15 is 0 Å². The molecule has 2 aromatic carbocycles. The minimum atomic E-state index is -0.841. The van der Waals surface area contributed by atoms with E-state index in [1.54, 1.807) is 24.3 Å². The summed E-state index contributed by atoms with van der Waals surface area (Å²) in [4.78, 5) is 21.9. The fourth-order valence-corrected chi connectivity index (χ4v) is 1.87. The fourth-order valence-electron chi connectivity index (χ4n) is 1.69. The average Bonchev–Trinajstić information content (AvgIpc) is 2.47. The first-order chi connectivity index (χ1) is 9.99. The Labute approximate surface area is 124 Å². The highest BCUT2D eigenvalue weighted by Gasteiger charge is 2.14. The molecule has 1 amide bonds. The summed E-state index contributed by atoms with van der Waals surface area (Å²) < 4.78 is 13.3. The van der Waals surface area contributed by atoms with Crippen molar-refractivity contribution in [3.8, 4) is 0 Å². The molecule has 5 nitrogen and oxygen atoms in total. The van der Waals surface area contributed by atoms with Crippen molar-refractivity contribution in [3.63, 3.8) is 0 Å². The van der Waals surface area contributed by atoms with Crippen LogP contribution >= 0.6 is 11.6 Å². The van der Waals surface area contributed by atoms with E-state index in [0.29, 0.717) is 11.6 Å². The number of halogens is 2. The summed E-state index contributed by atoms with van der Waals surface area (Å²) in [5, 5.41) is 13.2. The van der Waals surface area contributed by atoms with Crippen LogP contribution in [-0.4, -0.2) is 10.8 Å². The Hall–Kier alpha value is -2.47. The normalized spacial score (nSPS) is 10.2. The molecule has 0 spiro atoms. The zero-order valence-electron chi connectivity index (χ0n) is 10.7. The number of hydrogen-bond donors (Lipinski definition) is 1. The summed E-state index contributed by atoms with van der Waals surface area (Å²) in [5.41, 5.74) is 0.776. The van der Waals surface area contributed by atoms with E-state index in [4.69, 9.17) is 11.6 Å². The van der Waals surface area contributed by atoms with Crippen molar-refractivity contribution in [3.05, 3.63) is 69.5 Å². The quantitative estimate of drug-likeness (QED) is 0.531. The van der Waals surface area contributed by atoms with E-state index in [0.717, 1.165) is 23.8 Å². The minimum absolute atomic E-state index is 0.122. The first-order valence-electron chi connectivity index (χ1n) is 5.91. The number of anilines is 1. The van der Waals surface area contributed by atoms with Gasteiger partial charge in [-0.15, -0.1) is 11.6 Å². The Morgan fingerprint density at radius 1 is 1.24 bits per heavy atom. The van der Waals surface area contributed by atoms with Gasteiger partial charge < -0.3 is 5.32 Å². The van der Waals surface area contributed by atoms with E-state index in [1.807, 2.05) is 0 Å². The van der Waals surface area contributed by atoms with Crippen LogP contribution in [0, 0.1) is 15.9 Å². The highest BCUT2D eigenvalue weighted by molar-refractivity contribution is 6.17. The third kappa shape index (κ3) is 3.76. The second-order valence-corrected chi connectivity index (χ2v) is 4.51. The van der Waals surface area contributed by atoms with Crippen LogP contribution in [0.2, 0.25) is 0 Å². The first-order valence-corrected chi connectivity index (χ1v) is 6.44. The molecular weight excluding hydrogens is 299 g/mol. The lowest BCUT2D eigenvalue weighted by Gasteiger charge is -2.06. The standard InChI is InChI=1S/C14H10ClFN2O3/c15-8-9-1-3-12(4-2-9)17-14(19)10-5-11(16)7-13(6-10)18(20)21/h1-7H,8H2,(H,17,19). The van der Waals surface area contributed by atoms with Gasteiger partial charge in [0.2, 0.25) is 0 Å². The number of non-ortho nitro benzene ring substituents is 1. The molecule has 0 radical (unpaired) electrons. The first kappa shape index (κ1) is 14.9. The monoisotopic (exact) mass is 308 g/mol. The summed E-state index contributed by atoms with van der Waals surface area (Å²) in [5.74, 6) is -1.12. The molecular formula is C14H10ClFN2O3. The maximum atomic E-state index is 13.3. The second kappa shape index (κ2) is 6.32. The zero-order chi connectivity index (χ0) is 15.4. The van der Waals surface area contributed by atoms with E-state index in [2.05, 4.69) is 5.32 Å². The van der Waals surface area contributed by atoms with Crippen LogP contribution < -0.4 is 5.32 Å². The van der Waals surface area contributed by atoms with Gasteiger partial charge in [-0.3, -0.25) is 14.9 Å². The lowest BCUT2D eigenvalue weighted by molar-refractivity contribution is -0.385. The Morgan fingerprint density at radius 2 is 1.90 bits per heavy atom. The highest BCUT2D eigenvalue weighted by atomic mass is 35.5. The van der Waals surface area contributed by atoms with Crippen molar-refractivity contribution < 1.29 is 14.1 Å². The van der Waals surface area contributed by atoms with Gasteiger partial charge in [-0.05, 0) is 23.8 Å². The summed E-state index contributed by atoms with van der Waals surface area (Å²) in [6.07, 6.45) is 0. The molecule has 7 heteroatoms. The van der Waals surface area contributed by atoms with Crippen LogP contribution in [0.25, 0.3) is 0 Å². The molecule has 0 bridgehead atoms. The molecule has 0 aliphatic heterocycles. The summed E-state index contributed by atoms with van der Waals surface area (Å²) in [6.45, 7) is 0. The van der Waals surface area contributed by atoms with Crippen molar-refractivity contribution in [2.24, 2.45) is 0 Å². The molecule has 0 fully saturated rings. The SMILES string of the molecule is O=C(Nc1ccc(CCl)cc1)c1cc(F)cc([N+](=O)[O-])c1. The van der Waals surface area contributed by atoms with Crippen LogP contribution in [0.3, 0.4) is 0 Å². The number of alkyl halides is 1. The molecule has 108 valence electrons. The number of nitrogens with one attached hydrogen (secondary N) is 1. The Balaban J connectivity index is 2.21. The molecule has 0 saturated heterocycles.